The van der Waals surface area contributed by atoms with Gasteiger partial charge in [0.15, 0.2) is 0 Å². The molecule has 0 aliphatic carbocycles. The van der Waals surface area contributed by atoms with Crippen molar-refractivity contribution >= 4 is 17.9 Å². The van der Waals surface area contributed by atoms with Crippen LogP contribution < -0.4 is 11.1 Å². The van der Waals surface area contributed by atoms with Gasteiger partial charge in [0.1, 0.15) is 17.7 Å². The molecule has 0 bridgehead atoms. The molecule has 0 saturated carbocycles. The molecule has 0 saturated heterocycles. The van der Waals surface area contributed by atoms with Crippen molar-refractivity contribution in [3.63, 3.8) is 0 Å². The molecule has 3 amide bonds. The Labute approximate surface area is 131 Å². The number of primary amides is 1. The Morgan fingerprint density at radius 1 is 1.27 bits per heavy atom. The Morgan fingerprint density at radius 3 is 2.23 bits per heavy atom. The minimum absolute atomic E-state index is 0.264. The van der Waals surface area contributed by atoms with Gasteiger partial charge in [-0.25, -0.2) is 4.79 Å². The van der Waals surface area contributed by atoms with E-state index in [0.29, 0.717) is 0 Å². The maximum absolute atomic E-state index is 12.1. The highest BCUT2D eigenvalue weighted by atomic mass is 16.6. The lowest BCUT2D eigenvalue weighted by Gasteiger charge is -2.28. The number of methoxy groups -OCH3 is 1. The van der Waals surface area contributed by atoms with E-state index in [1.54, 1.807) is 20.8 Å². The number of ether oxygens (including phenoxy) is 2. The van der Waals surface area contributed by atoms with Crippen LogP contribution >= 0.6 is 0 Å². The molecule has 0 radical (unpaired) electrons. The average Bonchev–Trinajstić information content (AvgIpc) is 2.39. The summed E-state index contributed by atoms with van der Waals surface area (Å²) in [6.07, 6.45) is -0.358. The van der Waals surface area contributed by atoms with Crippen LogP contribution in [0.4, 0.5) is 4.79 Å². The number of hydrogen-bond donors (Lipinski definition) is 2. The molecule has 8 nitrogen and oxygen atoms in total. The van der Waals surface area contributed by atoms with Gasteiger partial charge in [-0.1, -0.05) is 0 Å². The maximum Gasteiger partial charge on any atom is 0.410 e. The van der Waals surface area contributed by atoms with E-state index in [2.05, 4.69) is 5.32 Å². The van der Waals surface area contributed by atoms with Gasteiger partial charge in [0.2, 0.25) is 11.8 Å². The number of nitrogens with one attached hydrogen (secondary N) is 1. The lowest BCUT2D eigenvalue weighted by Crippen LogP contribution is -2.53. The summed E-state index contributed by atoms with van der Waals surface area (Å²) >= 11 is 0. The second kappa shape index (κ2) is 8.57. The summed E-state index contributed by atoms with van der Waals surface area (Å²) in [5, 5.41) is 2.51. The molecule has 2 atom stereocenters. The van der Waals surface area contributed by atoms with Crippen molar-refractivity contribution in [2.75, 3.05) is 20.8 Å². The van der Waals surface area contributed by atoms with E-state index in [1.165, 1.54) is 21.1 Å². The van der Waals surface area contributed by atoms with Crippen molar-refractivity contribution in [1.29, 1.82) is 0 Å². The molecule has 8 heteroatoms. The number of nitrogens with zero attached hydrogens (tertiary/aromatic N) is 1. The summed E-state index contributed by atoms with van der Waals surface area (Å²) < 4.78 is 10.0. The van der Waals surface area contributed by atoms with E-state index >= 15 is 0 Å². The molecule has 128 valence electrons. The van der Waals surface area contributed by atoms with Gasteiger partial charge in [0.25, 0.3) is 0 Å². The molecule has 0 aromatic rings. The Balaban J connectivity index is 4.69. The summed E-state index contributed by atoms with van der Waals surface area (Å²) in [5.74, 6) is -1.15. The minimum Gasteiger partial charge on any atom is -0.444 e. The van der Waals surface area contributed by atoms with Gasteiger partial charge in [0, 0.05) is 20.8 Å². The third-order valence-electron chi connectivity index (χ3n) is 2.91. The fourth-order valence-corrected chi connectivity index (χ4v) is 1.48. The Hall–Kier alpha value is -1.83. The van der Waals surface area contributed by atoms with Crippen molar-refractivity contribution in [1.82, 2.24) is 10.2 Å². The highest BCUT2D eigenvalue weighted by Crippen LogP contribution is 2.11. The van der Waals surface area contributed by atoms with E-state index in [0.717, 1.165) is 4.90 Å². The molecule has 0 unspecified atom stereocenters. The molecule has 0 aromatic carbocycles. The van der Waals surface area contributed by atoms with Gasteiger partial charge in [-0.2, -0.15) is 0 Å². The van der Waals surface area contributed by atoms with Crippen LogP contribution in [0.3, 0.4) is 0 Å². The first-order valence-electron chi connectivity index (χ1n) is 7.04. The monoisotopic (exact) mass is 317 g/mol. The third-order valence-corrected chi connectivity index (χ3v) is 2.91. The Kier molecular flexibility index (Phi) is 7.86. The molecular formula is C14H27N3O5. The van der Waals surface area contributed by atoms with Gasteiger partial charge in [-0.3, -0.25) is 14.5 Å². The van der Waals surface area contributed by atoms with Crippen molar-refractivity contribution in [3.05, 3.63) is 0 Å². The zero-order chi connectivity index (χ0) is 17.5. The SMILES string of the molecule is COCC[C@H](NC(=O)[C@H](C)N(C)C(=O)OC(C)(C)C)C(N)=O. The average molecular weight is 317 g/mol. The van der Waals surface area contributed by atoms with Gasteiger partial charge in [-0.15, -0.1) is 0 Å². The molecule has 0 spiro atoms. The number of hydrogen-bond acceptors (Lipinski definition) is 5. The summed E-state index contributed by atoms with van der Waals surface area (Å²) in [6.45, 7) is 7.02. The molecule has 0 rings (SSSR count). The number of carbonyl (C=O) groups excluding carboxylic acids is 3. The summed E-state index contributed by atoms with van der Waals surface area (Å²) in [4.78, 5) is 36.5. The highest BCUT2D eigenvalue weighted by Gasteiger charge is 2.29. The minimum atomic E-state index is -0.845. The standard InChI is InChI=1S/C14H27N3O5/c1-9(17(5)13(20)22-14(2,3)4)12(19)16-10(11(15)18)7-8-21-6/h9-10H,7-8H2,1-6H3,(H2,15,18)(H,16,19)/t9-,10-/m0/s1. The van der Waals surface area contributed by atoms with E-state index in [9.17, 15) is 14.4 Å². The van der Waals surface area contributed by atoms with Gasteiger partial charge in [-0.05, 0) is 34.1 Å². The highest BCUT2D eigenvalue weighted by molar-refractivity contribution is 5.90. The second-order valence-corrected chi connectivity index (χ2v) is 6.01. The number of carbonyl (C=O) groups is 3. The molecule has 0 aliphatic heterocycles. The van der Waals surface area contributed by atoms with Crippen molar-refractivity contribution in [2.45, 2.75) is 51.8 Å². The zero-order valence-corrected chi connectivity index (χ0v) is 14.1. The predicted octanol–water partition coefficient (Wildman–Crippen LogP) is 0.248. The lowest BCUT2D eigenvalue weighted by molar-refractivity contribution is -0.130. The van der Waals surface area contributed by atoms with Crippen LogP contribution in [0.1, 0.15) is 34.1 Å². The smallest absolute Gasteiger partial charge is 0.410 e. The van der Waals surface area contributed by atoms with Gasteiger partial charge in [0.05, 0.1) is 0 Å². The normalized spacial score (nSPS) is 13.9. The van der Waals surface area contributed by atoms with Crippen LogP contribution in [0.15, 0.2) is 0 Å². The molecule has 0 aliphatic rings. The van der Waals surface area contributed by atoms with E-state index < -0.39 is 35.6 Å². The fraction of sp³-hybridized carbons (Fsp3) is 0.786. The van der Waals surface area contributed by atoms with Gasteiger partial charge < -0.3 is 20.5 Å². The molecular weight excluding hydrogens is 290 g/mol. The number of rotatable bonds is 7. The van der Waals surface area contributed by atoms with E-state index in [4.69, 9.17) is 15.2 Å². The summed E-state index contributed by atoms with van der Waals surface area (Å²) in [5.41, 5.74) is 4.57. The number of nitrogens with two attached hydrogens (primary N) is 1. The lowest BCUT2D eigenvalue weighted by atomic mass is 10.2. The van der Waals surface area contributed by atoms with E-state index in [1.807, 2.05) is 0 Å². The van der Waals surface area contributed by atoms with Gasteiger partial charge >= 0.3 is 6.09 Å². The topological polar surface area (TPSA) is 111 Å². The zero-order valence-electron chi connectivity index (χ0n) is 14.1. The predicted molar refractivity (Wildman–Crippen MR) is 81.1 cm³/mol. The van der Waals surface area contributed by atoms with Crippen LogP contribution in [-0.2, 0) is 19.1 Å². The quantitative estimate of drug-likeness (QED) is 0.699. The number of amides is 3. The van der Waals surface area contributed by atoms with Crippen LogP contribution in [0.5, 0.6) is 0 Å². The Morgan fingerprint density at radius 2 is 1.82 bits per heavy atom. The van der Waals surface area contributed by atoms with Crippen molar-refractivity contribution in [3.8, 4) is 0 Å². The summed E-state index contributed by atoms with van der Waals surface area (Å²) in [6, 6.07) is -1.65. The molecule has 0 heterocycles. The molecule has 0 fully saturated rings. The van der Waals surface area contributed by atoms with Crippen LogP contribution in [-0.4, -0.2) is 61.3 Å². The first kappa shape index (κ1) is 20.2. The largest absolute Gasteiger partial charge is 0.444 e. The second-order valence-electron chi connectivity index (χ2n) is 6.01. The number of likely N-dealkylation sites (N-methyl/N-ethyl adjacent to an activating group) is 1. The first-order valence-corrected chi connectivity index (χ1v) is 7.04. The van der Waals surface area contributed by atoms with E-state index in [-0.39, 0.29) is 13.0 Å². The molecule has 22 heavy (non-hydrogen) atoms. The van der Waals surface area contributed by atoms with Crippen molar-refractivity contribution < 1.29 is 23.9 Å². The van der Waals surface area contributed by atoms with Crippen LogP contribution in [0, 0.1) is 0 Å². The Bertz CT molecular complexity index is 406. The fourth-order valence-electron chi connectivity index (χ4n) is 1.48. The van der Waals surface area contributed by atoms with Crippen LogP contribution in [0.25, 0.3) is 0 Å². The maximum atomic E-state index is 12.1. The molecule has 0 aromatic heterocycles. The first-order chi connectivity index (χ1) is 9.99. The summed E-state index contributed by atoms with van der Waals surface area (Å²) in [7, 11) is 2.94. The third kappa shape index (κ3) is 7.26. The molecule has 3 N–H and O–H groups in total. The van der Waals surface area contributed by atoms with Crippen molar-refractivity contribution in [2.24, 2.45) is 5.73 Å². The van der Waals surface area contributed by atoms with Crippen LogP contribution in [0.2, 0.25) is 0 Å².